The first-order valence-electron chi connectivity index (χ1n) is 5.62. The summed E-state index contributed by atoms with van der Waals surface area (Å²) in [7, 11) is 3.63. The van der Waals surface area contributed by atoms with Crippen molar-refractivity contribution >= 4 is 16.7 Å². The normalized spacial score (nSPS) is 11.0. The van der Waals surface area contributed by atoms with E-state index in [4.69, 9.17) is 0 Å². The molecule has 0 atom stereocenters. The van der Waals surface area contributed by atoms with E-state index in [1.165, 1.54) is 0 Å². The molecule has 0 aliphatic carbocycles. The SMILES string of the molecule is Cn1ccnc1C(=O)c1nn(C)c2ccccc12. The van der Waals surface area contributed by atoms with Gasteiger partial charge >= 0.3 is 0 Å². The van der Waals surface area contributed by atoms with Crippen LogP contribution >= 0.6 is 0 Å². The zero-order valence-electron chi connectivity index (χ0n) is 10.2. The molecule has 5 heteroatoms. The molecule has 1 aromatic carbocycles. The van der Waals surface area contributed by atoms with Crippen LogP contribution < -0.4 is 0 Å². The van der Waals surface area contributed by atoms with E-state index in [-0.39, 0.29) is 5.78 Å². The molecule has 2 aromatic heterocycles. The Bertz CT molecular complexity index is 738. The summed E-state index contributed by atoms with van der Waals surface area (Å²) in [5.74, 6) is 0.248. The Morgan fingerprint density at radius 3 is 2.72 bits per heavy atom. The van der Waals surface area contributed by atoms with Gasteiger partial charge in [-0.15, -0.1) is 0 Å². The second kappa shape index (κ2) is 3.80. The molecule has 0 fully saturated rings. The van der Waals surface area contributed by atoms with Crippen LogP contribution in [0.5, 0.6) is 0 Å². The number of benzene rings is 1. The third-order valence-corrected chi connectivity index (χ3v) is 3.00. The maximum absolute atomic E-state index is 12.4. The average molecular weight is 240 g/mol. The minimum absolute atomic E-state index is 0.153. The van der Waals surface area contributed by atoms with E-state index in [0.29, 0.717) is 11.5 Å². The molecule has 3 aromatic rings. The van der Waals surface area contributed by atoms with E-state index in [9.17, 15) is 4.79 Å². The van der Waals surface area contributed by atoms with Crippen molar-refractivity contribution in [3.05, 3.63) is 48.2 Å². The van der Waals surface area contributed by atoms with Crippen LogP contribution in [0.4, 0.5) is 0 Å². The molecule has 3 rings (SSSR count). The molecule has 0 saturated heterocycles. The number of aromatic nitrogens is 4. The smallest absolute Gasteiger partial charge is 0.249 e. The lowest BCUT2D eigenvalue weighted by molar-refractivity contribution is 0.102. The van der Waals surface area contributed by atoms with Gasteiger partial charge < -0.3 is 4.57 Å². The molecule has 0 aliphatic rings. The Morgan fingerprint density at radius 1 is 1.22 bits per heavy atom. The van der Waals surface area contributed by atoms with Crippen molar-refractivity contribution in [1.82, 2.24) is 19.3 Å². The molecule has 5 nitrogen and oxygen atoms in total. The number of aryl methyl sites for hydroxylation is 2. The molecule has 0 unspecified atom stereocenters. The second-order valence-corrected chi connectivity index (χ2v) is 4.18. The zero-order valence-corrected chi connectivity index (χ0v) is 10.2. The summed E-state index contributed by atoms with van der Waals surface area (Å²) in [4.78, 5) is 16.5. The lowest BCUT2D eigenvalue weighted by atomic mass is 10.1. The molecule has 0 saturated carbocycles. The van der Waals surface area contributed by atoms with Gasteiger partial charge in [-0.2, -0.15) is 5.10 Å². The number of carbonyl (C=O) groups is 1. The number of imidazole rings is 1. The topological polar surface area (TPSA) is 52.7 Å². The van der Waals surface area contributed by atoms with Crippen LogP contribution in [0.15, 0.2) is 36.7 Å². The van der Waals surface area contributed by atoms with Crippen LogP contribution in [0.2, 0.25) is 0 Å². The van der Waals surface area contributed by atoms with Crippen molar-refractivity contribution in [2.75, 3.05) is 0 Å². The van der Waals surface area contributed by atoms with Gasteiger partial charge in [-0.1, -0.05) is 18.2 Å². The fourth-order valence-electron chi connectivity index (χ4n) is 2.07. The van der Waals surface area contributed by atoms with Gasteiger partial charge in [0.15, 0.2) is 5.82 Å². The molecule has 18 heavy (non-hydrogen) atoms. The Morgan fingerprint density at radius 2 is 2.00 bits per heavy atom. The molecular weight excluding hydrogens is 228 g/mol. The summed E-state index contributed by atoms with van der Waals surface area (Å²) < 4.78 is 3.41. The second-order valence-electron chi connectivity index (χ2n) is 4.18. The van der Waals surface area contributed by atoms with Crippen molar-refractivity contribution < 1.29 is 4.79 Å². The number of ketones is 1. The van der Waals surface area contributed by atoms with Crippen molar-refractivity contribution in [3.8, 4) is 0 Å². The fraction of sp³-hybridized carbons (Fsp3) is 0.154. The molecular formula is C13H12N4O. The Kier molecular flexibility index (Phi) is 2.26. The van der Waals surface area contributed by atoms with Gasteiger partial charge in [-0.05, 0) is 6.07 Å². The monoisotopic (exact) mass is 240 g/mol. The number of fused-ring (bicyclic) bond motifs is 1. The number of nitrogens with zero attached hydrogens (tertiary/aromatic N) is 4. The van der Waals surface area contributed by atoms with Gasteiger partial charge in [0, 0.05) is 31.9 Å². The van der Waals surface area contributed by atoms with E-state index < -0.39 is 0 Å². The van der Waals surface area contributed by atoms with Crippen LogP contribution in [0, 0.1) is 0 Å². The predicted molar refractivity (Wildman–Crippen MR) is 67.4 cm³/mol. The maximum Gasteiger partial charge on any atom is 0.249 e. The summed E-state index contributed by atoms with van der Waals surface area (Å²) in [5.41, 5.74) is 1.39. The van der Waals surface area contributed by atoms with Crippen LogP contribution in [-0.2, 0) is 14.1 Å². The molecule has 0 aliphatic heterocycles. The first-order chi connectivity index (χ1) is 8.68. The minimum Gasteiger partial charge on any atom is -0.331 e. The lowest BCUT2D eigenvalue weighted by Gasteiger charge is -1.98. The molecule has 0 radical (unpaired) electrons. The average Bonchev–Trinajstić information content (AvgIpc) is 2.94. The van der Waals surface area contributed by atoms with Gasteiger partial charge in [-0.3, -0.25) is 9.48 Å². The van der Waals surface area contributed by atoms with Gasteiger partial charge in [0.2, 0.25) is 5.78 Å². The minimum atomic E-state index is -0.153. The first-order valence-corrected chi connectivity index (χ1v) is 5.62. The van der Waals surface area contributed by atoms with E-state index in [0.717, 1.165) is 10.9 Å². The highest BCUT2D eigenvalue weighted by molar-refractivity contribution is 6.13. The van der Waals surface area contributed by atoms with Crippen LogP contribution in [0.25, 0.3) is 10.9 Å². The van der Waals surface area contributed by atoms with Crippen LogP contribution in [-0.4, -0.2) is 25.1 Å². The molecule has 0 spiro atoms. The standard InChI is InChI=1S/C13H12N4O/c1-16-8-7-14-13(16)12(18)11-9-5-3-4-6-10(9)17(2)15-11/h3-8H,1-2H3. The third kappa shape index (κ3) is 1.44. The van der Waals surface area contributed by atoms with Crippen molar-refractivity contribution in [3.63, 3.8) is 0 Å². The van der Waals surface area contributed by atoms with E-state index >= 15 is 0 Å². The summed E-state index contributed by atoms with van der Waals surface area (Å²) >= 11 is 0. The summed E-state index contributed by atoms with van der Waals surface area (Å²) in [6.07, 6.45) is 3.36. The van der Waals surface area contributed by atoms with E-state index in [1.54, 1.807) is 28.7 Å². The predicted octanol–water partition coefficient (Wildman–Crippen LogP) is 1.54. The van der Waals surface area contributed by atoms with E-state index in [2.05, 4.69) is 10.1 Å². The molecule has 90 valence electrons. The van der Waals surface area contributed by atoms with Gasteiger partial charge in [0.25, 0.3) is 0 Å². The summed E-state index contributed by atoms with van der Waals surface area (Å²) in [6, 6.07) is 7.67. The largest absolute Gasteiger partial charge is 0.331 e. The number of para-hydroxylation sites is 1. The highest BCUT2D eigenvalue weighted by atomic mass is 16.1. The van der Waals surface area contributed by atoms with Crippen molar-refractivity contribution in [1.29, 1.82) is 0 Å². The summed E-state index contributed by atoms with van der Waals surface area (Å²) in [6.45, 7) is 0. The third-order valence-electron chi connectivity index (χ3n) is 3.00. The number of carbonyl (C=O) groups excluding carboxylic acids is 1. The quantitative estimate of drug-likeness (QED) is 0.638. The summed E-state index contributed by atoms with van der Waals surface area (Å²) in [5, 5.41) is 5.16. The van der Waals surface area contributed by atoms with Crippen molar-refractivity contribution in [2.45, 2.75) is 0 Å². The number of hydrogen-bond acceptors (Lipinski definition) is 3. The van der Waals surface area contributed by atoms with E-state index in [1.807, 2.05) is 31.3 Å². The van der Waals surface area contributed by atoms with Gasteiger partial charge in [0.05, 0.1) is 5.52 Å². The number of hydrogen-bond donors (Lipinski definition) is 0. The highest BCUT2D eigenvalue weighted by Crippen LogP contribution is 2.19. The molecule has 0 N–H and O–H groups in total. The lowest BCUT2D eigenvalue weighted by Crippen LogP contribution is -2.10. The van der Waals surface area contributed by atoms with Crippen LogP contribution in [0.3, 0.4) is 0 Å². The number of rotatable bonds is 2. The highest BCUT2D eigenvalue weighted by Gasteiger charge is 2.20. The Balaban J connectivity index is 2.21. The van der Waals surface area contributed by atoms with Crippen molar-refractivity contribution in [2.24, 2.45) is 14.1 Å². The molecule has 2 heterocycles. The maximum atomic E-state index is 12.4. The molecule has 0 bridgehead atoms. The van der Waals surface area contributed by atoms with Gasteiger partial charge in [-0.25, -0.2) is 4.98 Å². The first kappa shape index (κ1) is 10.7. The van der Waals surface area contributed by atoms with Crippen LogP contribution in [0.1, 0.15) is 16.3 Å². The van der Waals surface area contributed by atoms with Gasteiger partial charge in [0.1, 0.15) is 5.69 Å². The Hall–Kier alpha value is -2.43. The molecule has 0 amide bonds. The Labute approximate surface area is 104 Å². The zero-order chi connectivity index (χ0) is 12.7. The fourth-order valence-corrected chi connectivity index (χ4v) is 2.07.